The van der Waals surface area contributed by atoms with Crippen LogP contribution in [0.2, 0.25) is 0 Å². The highest BCUT2D eigenvalue weighted by atomic mass is 19.1. The van der Waals surface area contributed by atoms with Crippen molar-refractivity contribution < 1.29 is 14.3 Å². The van der Waals surface area contributed by atoms with Gasteiger partial charge in [0.25, 0.3) is 0 Å². The number of hydrogen-bond acceptors (Lipinski definition) is 2. The molecule has 0 spiro atoms. The molecule has 4 heteroatoms. The zero-order chi connectivity index (χ0) is 15.9. The lowest BCUT2D eigenvalue weighted by Crippen LogP contribution is -2.31. The first kappa shape index (κ1) is 16.2. The molecular weight excluding hydrogens is 281 g/mol. The standard InChI is InChI=1S/C18H20FNO2/c1-2-20(13-12-17(21)22)18(14-6-4-3-5-7-14)15-8-10-16(19)11-9-15/h3-11,18H,2,12-13H2,1H3,(H,21,22). The molecule has 0 aliphatic heterocycles. The fourth-order valence-corrected chi connectivity index (χ4v) is 2.60. The summed E-state index contributed by atoms with van der Waals surface area (Å²) < 4.78 is 13.2. The van der Waals surface area contributed by atoms with Crippen molar-refractivity contribution in [2.45, 2.75) is 19.4 Å². The van der Waals surface area contributed by atoms with Crippen LogP contribution in [0.25, 0.3) is 0 Å². The molecule has 0 amide bonds. The zero-order valence-electron chi connectivity index (χ0n) is 12.6. The van der Waals surface area contributed by atoms with Crippen LogP contribution in [-0.4, -0.2) is 29.1 Å². The second kappa shape index (κ2) is 7.71. The van der Waals surface area contributed by atoms with E-state index in [2.05, 4.69) is 4.90 Å². The normalized spacial score (nSPS) is 12.3. The van der Waals surface area contributed by atoms with Crippen molar-refractivity contribution in [3.8, 4) is 0 Å². The van der Waals surface area contributed by atoms with Crippen LogP contribution in [0.3, 0.4) is 0 Å². The lowest BCUT2D eigenvalue weighted by molar-refractivity contribution is -0.137. The van der Waals surface area contributed by atoms with Gasteiger partial charge in [0.05, 0.1) is 12.5 Å². The average molecular weight is 301 g/mol. The summed E-state index contributed by atoms with van der Waals surface area (Å²) in [6.07, 6.45) is 0.0817. The Morgan fingerprint density at radius 1 is 1.09 bits per heavy atom. The molecule has 2 aromatic rings. The van der Waals surface area contributed by atoms with E-state index in [4.69, 9.17) is 5.11 Å². The Labute approximate surface area is 130 Å². The highest BCUT2D eigenvalue weighted by Crippen LogP contribution is 2.28. The van der Waals surface area contributed by atoms with E-state index in [9.17, 15) is 9.18 Å². The summed E-state index contributed by atoms with van der Waals surface area (Å²) in [5, 5.41) is 8.94. The fraction of sp³-hybridized carbons (Fsp3) is 0.278. The molecule has 0 heterocycles. The predicted octanol–water partition coefficient (Wildman–Crippen LogP) is 3.71. The van der Waals surface area contributed by atoms with Gasteiger partial charge >= 0.3 is 5.97 Å². The Kier molecular flexibility index (Phi) is 5.67. The van der Waals surface area contributed by atoms with Crippen molar-refractivity contribution >= 4 is 5.97 Å². The number of nitrogens with zero attached hydrogens (tertiary/aromatic N) is 1. The van der Waals surface area contributed by atoms with Gasteiger partial charge in [0.15, 0.2) is 0 Å². The van der Waals surface area contributed by atoms with Gasteiger partial charge < -0.3 is 5.11 Å². The predicted molar refractivity (Wildman–Crippen MR) is 84.2 cm³/mol. The summed E-state index contributed by atoms with van der Waals surface area (Å²) in [7, 11) is 0. The Morgan fingerprint density at radius 2 is 1.68 bits per heavy atom. The summed E-state index contributed by atoms with van der Waals surface area (Å²) in [6.45, 7) is 3.16. The maximum absolute atomic E-state index is 13.2. The van der Waals surface area contributed by atoms with Gasteiger partial charge in [-0.1, -0.05) is 49.4 Å². The first-order chi connectivity index (χ1) is 10.6. The Balaban J connectivity index is 2.35. The number of hydrogen-bond donors (Lipinski definition) is 1. The van der Waals surface area contributed by atoms with Gasteiger partial charge in [-0.2, -0.15) is 0 Å². The number of rotatable bonds is 7. The van der Waals surface area contributed by atoms with E-state index >= 15 is 0 Å². The molecule has 0 saturated carbocycles. The number of halogens is 1. The Morgan fingerprint density at radius 3 is 2.23 bits per heavy atom. The van der Waals surface area contributed by atoms with Crippen LogP contribution in [0.15, 0.2) is 54.6 Å². The molecule has 116 valence electrons. The highest BCUT2D eigenvalue weighted by molar-refractivity contribution is 5.66. The first-order valence-corrected chi connectivity index (χ1v) is 7.38. The summed E-state index contributed by atoms with van der Waals surface area (Å²) in [6, 6.07) is 16.2. The van der Waals surface area contributed by atoms with Gasteiger partial charge in [-0.25, -0.2) is 4.39 Å². The largest absolute Gasteiger partial charge is 0.481 e. The third-order valence-electron chi connectivity index (χ3n) is 3.69. The fourth-order valence-electron chi connectivity index (χ4n) is 2.60. The quantitative estimate of drug-likeness (QED) is 0.847. The van der Waals surface area contributed by atoms with E-state index in [1.807, 2.05) is 37.3 Å². The van der Waals surface area contributed by atoms with E-state index in [1.165, 1.54) is 12.1 Å². The topological polar surface area (TPSA) is 40.5 Å². The monoisotopic (exact) mass is 301 g/mol. The molecule has 0 bridgehead atoms. The highest BCUT2D eigenvalue weighted by Gasteiger charge is 2.21. The van der Waals surface area contributed by atoms with Crippen LogP contribution in [0, 0.1) is 5.82 Å². The molecule has 2 rings (SSSR count). The van der Waals surface area contributed by atoms with Gasteiger partial charge in [0, 0.05) is 6.54 Å². The average Bonchev–Trinajstić information content (AvgIpc) is 2.53. The number of carbonyl (C=O) groups is 1. The molecule has 0 radical (unpaired) electrons. The Hall–Kier alpha value is -2.20. The molecule has 0 saturated heterocycles. The molecule has 0 aliphatic rings. The minimum absolute atomic E-state index is 0.0776. The molecule has 22 heavy (non-hydrogen) atoms. The van der Waals surface area contributed by atoms with E-state index in [-0.39, 0.29) is 18.3 Å². The van der Waals surface area contributed by atoms with Crippen molar-refractivity contribution in [2.75, 3.05) is 13.1 Å². The summed E-state index contributed by atoms with van der Waals surface area (Å²) in [5.41, 5.74) is 2.03. The molecule has 0 aliphatic carbocycles. The van der Waals surface area contributed by atoms with E-state index in [0.717, 1.165) is 11.1 Å². The number of benzene rings is 2. The molecule has 1 atom stereocenters. The lowest BCUT2D eigenvalue weighted by Gasteiger charge is -2.31. The second-order valence-electron chi connectivity index (χ2n) is 5.14. The van der Waals surface area contributed by atoms with Crippen LogP contribution in [0.5, 0.6) is 0 Å². The van der Waals surface area contributed by atoms with Crippen molar-refractivity contribution in [3.05, 3.63) is 71.5 Å². The summed E-state index contributed by atoms with van der Waals surface area (Å²) >= 11 is 0. The lowest BCUT2D eigenvalue weighted by atomic mass is 9.96. The number of carboxylic acids is 1. The second-order valence-corrected chi connectivity index (χ2v) is 5.14. The maximum atomic E-state index is 13.2. The molecule has 0 aromatic heterocycles. The molecule has 2 aromatic carbocycles. The molecule has 0 fully saturated rings. The first-order valence-electron chi connectivity index (χ1n) is 7.38. The van der Waals surface area contributed by atoms with Crippen LogP contribution in [-0.2, 0) is 4.79 Å². The Bertz CT molecular complexity index is 598. The van der Waals surface area contributed by atoms with Crippen LogP contribution >= 0.6 is 0 Å². The van der Waals surface area contributed by atoms with Crippen molar-refractivity contribution in [3.63, 3.8) is 0 Å². The third kappa shape index (κ3) is 4.15. The van der Waals surface area contributed by atoms with Gasteiger partial charge in [0.1, 0.15) is 5.82 Å². The van der Waals surface area contributed by atoms with Crippen LogP contribution < -0.4 is 0 Å². The van der Waals surface area contributed by atoms with E-state index in [1.54, 1.807) is 12.1 Å². The number of carboxylic acid groups (broad SMARTS) is 1. The third-order valence-corrected chi connectivity index (χ3v) is 3.69. The van der Waals surface area contributed by atoms with Crippen LogP contribution in [0.4, 0.5) is 4.39 Å². The van der Waals surface area contributed by atoms with E-state index in [0.29, 0.717) is 13.1 Å². The number of aliphatic carboxylic acids is 1. The molecule has 1 unspecified atom stereocenters. The van der Waals surface area contributed by atoms with E-state index < -0.39 is 5.97 Å². The van der Waals surface area contributed by atoms with Crippen molar-refractivity contribution in [1.82, 2.24) is 4.90 Å². The van der Waals surface area contributed by atoms with Crippen LogP contribution in [0.1, 0.15) is 30.5 Å². The van der Waals surface area contributed by atoms with Gasteiger partial charge in [-0.15, -0.1) is 0 Å². The van der Waals surface area contributed by atoms with Gasteiger partial charge in [-0.05, 0) is 29.8 Å². The molecule has 3 nitrogen and oxygen atoms in total. The summed E-state index contributed by atoms with van der Waals surface area (Å²) in [4.78, 5) is 13.0. The SMILES string of the molecule is CCN(CCC(=O)O)C(c1ccccc1)c1ccc(F)cc1. The molecular formula is C18H20FNO2. The van der Waals surface area contributed by atoms with Gasteiger partial charge in [0.2, 0.25) is 0 Å². The maximum Gasteiger partial charge on any atom is 0.304 e. The minimum atomic E-state index is -0.815. The summed E-state index contributed by atoms with van der Waals surface area (Å²) in [5.74, 6) is -1.09. The smallest absolute Gasteiger partial charge is 0.304 e. The van der Waals surface area contributed by atoms with Crippen molar-refractivity contribution in [2.24, 2.45) is 0 Å². The zero-order valence-corrected chi connectivity index (χ0v) is 12.6. The van der Waals surface area contributed by atoms with Gasteiger partial charge in [-0.3, -0.25) is 9.69 Å². The molecule has 1 N–H and O–H groups in total. The van der Waals surface area contributed by atoms with Crippen molar-refractivity contribution in [1.29, 1.82) is 0 Å². The minimum Gasteiger partial charge on any atom is -0.481 e.